The van der Waals surface area contributed by atoms with Crippen molar-refractivity contribution in [1.82, 2.24) is 4.98 Å². The molecule has 3 aromatic carbocycles. The summed E-state index contributed by atoms with van der Waals surface area (Å²) in [6.07, 6.45) is 0.762. The molecule has 6 nitrogen and oxygen atoms in total. The van der Waals surface area contributed by atoms with E-state index < -0.39 is 17.7 Å². The largest absolute Gasteiger partial charge is 0.507 e. The maximum atomic E-state index is 13.5. The molecule has 1 saturated heterocycles. The average Bonchev–Trinajstić information content (AvgIpc) is 3.52. The molecular formula is C29H23BrN2O4S. The van der Waals surface area contributed by atoms with Gasteiger partial charge < -0.3 is 9.84 Å². The molecule has 4 aromatic rings. The van der Waals surface area contributed by atoms with Gasteiger partial charge in [0.25, 0.3) is 5.78 Å². The van der Waals surface area contributed by atoms with Crippen LogP contribution in [0, 0.1) is 13.8 Å². The summed E-state index contributed by atoms with van der Waals surface area (Å²) in [5.41, 5.74) is 5.09. The number of aliphatic hydroxyl groups excluding tert-OH is 1. The van der Waals surface area contributed by atoms with Crippen LogP contribution in [0.5, 0.6) is 5.75 Å². The van der Waals surface area contributed by atoms with Crippen LogP contribution >= 0.6 is 27.3 Å². The zero-order chi connectivity index (χ0) is 26.0. The van der Waals surface area contributed by atoms with Crippen LogP contribution < -0.4 is 9.64 Å². The Kier molecular flexibility index (Phi) is 5.69. The van der Waals surface area contributed by atoms with Crippen molar-refractivity contribution < 1.29 is 19.4 Å². The number of carbonyl (C=O) groups excluding carboxylic acids is 2. The van der Waals surface area contributed by atoms with Gasteiger partial charge in [0, 0.05) is 16.5 Å². The van der Waals surface area contributed by atoms with Gasteiger partial charge in [0.15, 0.2) is 5.13 Å². The van der Waals surface area contributed by atoms with Gasteiger partial charge in [0.2, 0.25) is 0 Å². The van der Waals surface area contributed by atoms with E-state index in [0.29, 0.717) is 22.7 Å². The van der Waals surface area contributed by atoms with Crippen LogP contribution in [0.4, 0.5) is 5.13 Å². The van der Waals surface area contributed by atoms with Crippen LogP contribution in [-0.2, 0) is 16.0 Å². The highest BCUT2D eigenvalue weighted by Gasteiger charge is 2.48. The second kappa shape index (κ2) is 8.82. The summed E-state index contributed by atoms with van der Waals surface area (Å²) in [5, 5.41) is 11.9. The first-order valence-corrected chi connectivity index (χ1v) is 13.6. The maximum absolute atomic E-state index is 13.5. The maximum Gasteiger partial charge on any atom is 0.301 e. The Hall–Kier alpha value is -3.49. The zero-order valence-corrected chi connectivity index (χ0v) is 22.8. The van der Waals surface area contributed by atoms with Crippen molar-refractivity contribution in [1.29, 1.82) is 0 Å². The Morgan fingerprint density at radius 2 is 1.86 bits per heavy atom. The predicted molar refractivity (Wildman–Crippen MR) is 148 cm³/mol. The minimum Gasteiger partial charge on any atom is -0.507 e. The van der Waals surface area contributed by atoms with E-state index in [-0.39, 0.29) is 17.4 Å². The molecule has 0 aliphatic carbocycles. The molecule has 2 atom stereocenters. The number of aliphatic hydroxyl groups is 1. The minimum atomic E-state index is -0.821. The van der Waals surface area contributed by atoms with E-state index in [1.807, 2.05) is 63.2 Å². The molecule has 0 saturated carbocycles. The molecule has 37 heavy (non-hydrogen) atoms. The highest BCUT2D eigenvalue weighted by molar-refractivity contribution is 9.10. The van der Waals surface area contributed by atoms with Gasteiger partial charge in [-0.1, -0.05) is 45.5 Å². The summed E-state index contributed by atoms with van der Waals surface area (Å²) >= 11 is 4.83. The van der Waals surface area contributed by atoms with Crippen molar-refractivity contribution in [3.05, 3.63) is 92.5 Å². The fraction of sp³-hybridized carbons (Fsp3) is 0.207. The molecule has 0 unspecified atom stereocenters. The first-order chi connectivity index (χ1) is 17.7. The molecule has 1 amide bonds. The number of rotatable bonds is 3. The summed E-state index contributed by atoms with van der Waals surface area (Å²) in [6, 6.07) is 16.0. The topological polar surface area (TPSA) is 79.7 Å². The molecule has 2 aliphatic heterocycles. The number of anilines is 1. The number of hydrogen-bond donors (Lipinski definition) is 1. The molecule has 6 rings (SSSR count). The monoisotopic (exact) mass is 574 g/mol. The highest BCUT2D eigenvalue weighted by Crippen LogP contribution is 2.45. The molecule has 3 heterocycles. The lowest BCUT2D eigenvalue weighted by Gasteiger charge is -2.23. The predicted octanol–water partition coefficient (Wildman–Crippen LogP) is 6.63. The molecule has 8 heteroatoms. The van der Waals surface area contributed by atoms with Crippen molar-refractivity contribution in [2.75, 3.05) is 4.90 Å². The number of benzene rings is 3. The molecule has 1 fully saturated rings. The van der Waals surface area contributed by atoms with Crippen LogP contribution in [0.3, 0.4) is 0 Å². The lowest BCUT2D eigenvalue weighted by Crippen LogP contribution is -2.29. The number of ketones is 1. The van der Waals surface area contributed by atoms with Gasteiger partial charge in [-0.05, 0) is 79.4 Å². The summed E-state index contributed by atoms with van der Waals surface area (Å²) < 4.78 is 7.60. The van der Waals surface area contributed by atoms with E-state index in [9.17, 15) is 14.7 Å². The van der Waals surface area contributed by atoms with Crippen LogP contribution in [0.25, 0.3) is 16.0 Å². The Morgan fingerprint density at radius 3 is 2.62 bits per heavy atom. The fourth-order valence-corrected chi connectivity index (χ4v) is 6.61. The van der Waals surface area contributed by atoms with Crippen molar-refractivity contribution in [2.24, 2.45) is 0 Å². The Labute approximate surface area is 226 Å². The normalized spacial score (nSPS) is 20.5. The number of ether oxygens (including phenoxy) is 1. The molecule has 0 bridgehead atoms. The quantitative estimate of drug-likeness (QED) is 0.169. The second-order valence-electron chi connectivity index (χ2n) is 9.60. The van der Waals surface area contributed by atoms with Crippen LogP contribution in [0.15, 0.2) is 64.6 Å². The van der Waals surface area contributed by atoms with Gasteiger partial charge in [-0.2, -0.15) is 0 Å². The Morgan fingerprint density at radius 1 is 1.11 bits per heavy atom. The van der Waals surface area contributed by atoms with Crippen LogP contribution in [-0.4, -0.2) is 27.9 Å². The molecule has 0 spiro atoms. The summed E-state index contributed by atoms with van der Waals surface area (Å²) in [4.78, 5) is 33.2. The Bertz CT molecular complexity index is 1640. The number of hydrogen-bond acceptors (Lipinski definition) is 6. The summed E-state index contributed by atoms with van der Waals surface area (Å²) in [5.74, 6) is -0.873. The van der Waals surface area contributed by atoms with Gasteiger partial charge in [0.05, 0.1) is 21.8 Å². The lowest BCUT2D eigenvalue weighted by atomic mass is 9.94. The average molecular weight is 575 g/mol. The SMILES string of the molecule is Cc1cc(C)c2nc(N3C(=O)C(=O)C(=C(O)c4ccc5c(c4)C[C@@H](C)O5)[C@@H]3c3ccc(Br)cc3)sc2c1. The first kappa shape index (κ1) is 23.9. The molecule has 0 radical (unpaired) electrons. The summed E-state index contributed by atoms with van der Waals surface area (Å²) in [6.45, 7) is 5.99. The number of fused-ring (bicyclic) bond motifs is 2. The van der Waals surface area contributed by atoms with Gasteiger partial charge >= 0.3 is 5.91 Å². The third kappa shape index (κ3) is 3.95. The van der Waals surface area contributed by atoms with Crippen molar-refractivity contribution in [3.8, 4) is 5.75 Å². The number of Topliss-reactive ketones (excluding diaryl/α,β-unsaturated/α-hetero) is 1. The third-order valence-electron chi connectivity index (χ3n) is 6.82. The van der Waals surface area contributed by atoms with Crippen molar-refractivity contribution in [3.63, 3.8) is 0 Å². The van der Waals surface area contributed by atoms with E-state index in [1.54, 1.807) is 12.1 Å². The van der Waals surface area contributed by atoms with Gasteiger partial charge in [-0.3, -0.25) is 14.5 Å². The zero-order valence-electron chi connectivity index (χ0n) is 20.4. The number of halogens is 1. The number of carbonyl (C=O) groups is 2. The standard InChI is InChI=1S/C29H23BrN2O4S/c1-14-10-15(2)24-22(11-14)37-29(31-24)32-25(17-4-7-20(30)8-5-17)23(27(34)28(32)35)26(33)18-6-9-21-19(13-18)12-16(3)36-21/h4-11,13,16,25,33H,12H2,1-3H3/t16-,25+/m1/s1. The van der Waals surface area contributed by atoms with Crippen molar-refractivity contribution >= 4 is 60.1 Å². The van der Waals surface area contributed by atoms with E-state index >= 15 is 0 Å². The van der Waals surface area contributed by atoms with Crippen LogP contribution in [0.1, 0.15) is 40.8 Å². The molecular weight excluding hydrogens is 552 g/mol. The molecule has 1 N–H and O–H groups in total. The summed E-state index contributed by atoms with van der Waals surface area (Å²) in [7, 11) is 0. The highest BCUT2D eigenvalue weighted by atomic mass is 79.9. The second-order valence-corrected chi connectivity index (χ2v) is 11.5. The number of nitrogens with zero attached hydrogens (tertiary/aromatic N) is 2. The Balaban J connectivity index is 1.54. The molecule has 2 aliphatic rings. The lowest BCUT2D eigenvalue weighted by molar-refractivity contribution is -0.132. The van der Waals surface area contributed by atoms with Gasteiger partial charge in [-0.25, -0.2) is 4.98 Å². The minimum absolute atomic E-state index is 0.0476. The number of aromatic nitrogens is 1. The fourth-order valence-electron chi connectivity index (χ4n) is 5.18. The van der Waals surface area contributed by atoms with E-state index in [1.165, 1.54) is 16.2 Å². The van der Waals surface area contributed by atoms with Crippen LogP contribution in [0.2, 0.25) is 0 Å². The number of aryl methyl sites for hydroxylation is 2. The van der Waals surface area contributed by atoms with Gasteiger partial charge in [0.1, 0.15) is 17.6 Å². The molecule has 1 aromatic heterocycles. The number of amides is 1. The van der Waals surface area contributed by atoms with E-state index in [2.05, 4.69) is 15.9 Å². The van der Waals surface area contributed by atoms with E-state index in [4.69, 9.17) is 9.72 Å². The molecule has 186 valence electrons. The first-order valence-electron chi connectivity index (χ1n) is 12.0. The van der Waals surface area contributed by atoms with E-state index in [0.717, 1.165) is 37.1 Å². The number of thiazole rings is 1. The third-order valence-corrected chi connectivity index (χ3v) is 8.35. The smallest absolute Gasteiger partial charge is 0.301 e. The van der Waals surface area contributed by atoms with Gasteiger partial charge in [-0.15, -0.1) is 0 Å². The van der Waals surface area contributed by atoms with Crippen molar-refractivity contribution in [2.45, 2.75) is 39.3 Å².